The van der Waals surface area contributed by atoms with Gasteiger partial charge in [0, 0.05) is 15.4 Å². The molecule has 0 amide bonds. The molecule has 1 N–H and O–H groups in total. The Bertz CT molecular complexity index is 490. The first-order valence-corrected chi connectivity index (χ1v) is 4.86. The van der Waals surface area contributed by atoms with Gasteiger partial charge < -0.3 is 9.72 Å². The van der Waals surface area contributed by atoms with Crippen LogP contribution in [0.2, 0.25) is 0 Å². The van der Waals surface area contributed by atoms with Crippen molar-refractivity contribution in [2.45, 2.75) is 0 Å². The highest BCUT2D eigenvalue weighted by Gasteiger charge is 2.08. The van der Waals surface area contributed by atoms with Crippen LogP contribution in [0.5, 0.6) is 0 Å². The SMILES string of the molecule is COC(=O)c1cc2cc(Br)ccc2[nH]1. The number of aromatic nitrogens is 1. The number of hydrogen-bond donors (Lipinski definition) is 1. The summed E-state index contributed by atoms with van der Waals surface area (Å²) >= 11 is 3.37. The maximum absolute atomic E-state index is 11.2. The number of aromatic amines is 1. The minimum Gasteiger partial charge on any atom is -0.464 e. The topological polar surface area (TPSA) is 42.1 Å². The van der Waals surface area contributed by atoms with Crippen molar-refractivity contribution in [3.8, 4) is 0 Å². The predicted molar refractivity (Wildman–Crippen MR) is 57.3 cm³/mol. The quantitative estimate of drug-likeness (QED) is 0.795. The number of fused-ring (bicyclic) bond motifs is 1. The minimum atomic E-state index is -0.350. The molecule has 2 aromatic rings. The van der Waals surface area contributed by atoms with Crippen LogP contribution in [-0.4, -0.2) is 18.1 Å². The molecular weight excluding hydrogens is 246 g/mol. The van der Waals surface area contributed by atoms with Gasteiger partial charge in [-0.05, 0) is 24.3 Å². The fraction of sp³-hybridized carbons (Fsp3) is 0.100. The molecule has 3 nitrogen and oxygen atoms in total. The summed E-state index contributed by atoms with van der Waals surface area (Å²) in [6, 6.07) is 7.54. The molecule has 0 unspecified atom stereocenters. The van der Waals surface area contributed by atoms with E-state index in [1.807, 2.05) is 18.2 Å². The number of carbonyl (C=O) groups excluding carboxylic acids is 1. The summed E-state index contributed by atoms with van der Waals surface area (Å²) < 4.78 is 5.60. The van der Waals surface area contributed by atoms with E-state index in [1.54, 1.807) is 6.07 Å². The molecule has 0 aliphatic rings. The van der Waals surface area contributed by atoms with Gasteiger partial charge in [-0.15, -0.1) is 0 Å². The molecule has 0 radical (unpaired) electrons. The summed E-state index contributed by atoms with van der Waals surface area (Å²) in [6.45, 7) is 0. The Hall–Kier alpha value is -1.29. The van der Waals surface area contributed by atoms with Crippen LogP contribution >= 0.6 is 15.9 Å². The Kier molecular flexibility index (Phi) is 2.29. The van der Waals surface area contributed by atoms with Crippen molar-refractivity contribution in [2.24, 2.45) is 0 Å². The minimum absolute atomic E-state index is 0.350. The standard InChI is InChI=1S/C10H8BrNO2/c1-14-10(13)9-5-6-4-7(11)2-3-8(6)12-9/h2-5,12H,1H3. The molecule has 72 valence electrons. The summed E-state index contributed by atoms with van der Waals surface area (Å²) in [5, 5.41) is 0.986. The zero-order valence-electron chi connectivity index (χ0n) is 7.50. The second kappa shape index (κ2) is 3.46. The maximum Gasteiger partial charge on any atom is 0.354 e. The van der Waals surface area contributed by atoms with Crippen LogP contribution in [0.4, 0.5) is 0 Å². The van der Waals surface area contributed by atoms with Gasteiger partial charge >= 0.3 is 5.97 Å². The molecule has 0 saturated carbocycles. The van der Waals surface area contributed by atoms with E-state index < -0.39 is 0 Å². The molecule has 0 spiro atoms. The summed E-state index contributed by atoms with van der Waals surface area (Å²) in [7, 11) is 1.36. The largest absolute Gasteiger partial charge is 0.464 e. The van der Waals surface area contributed by atoms with Crippen LogP contribution in [0, 0.1) is 0 Å². The summed E-state index contributed by atoms with van der Waals surface area (Å²) in [6.07, 6.45) is 0. The Morgan fingerprint density at radius 2 is 2.21 bits per heavy atom. The van der Waals surface area contributed by atoms with Crippen LogP contribution in [0.25, 0.3) is 10.9 Å². The first-order valence-electron chi connectivity index (χ1n) is 4.07. The van der Waals surface area contributed by atoms with Crippen LogP contribution in [0.15, 0.2) is 28.7 Å². The third kappa shape index (κ3) is 1.53. The zero-order valence-corrected chi connectivity index (χ0v) is 9.09. The lowest BCUT2D eigenvalue weighted by Crippen LogP contribution is -2.00. The fourth-order valence-electron chi connectivity index (χ4n) is 1.32. The van der Waals surface area contributed by atoms with Gasteiger partial charge in [-0.25, -0.2) is 4.79 Å². The molecule has 4 heteroatoms. The number of methoxy groups -OCH3 is 1. The normalized spacial score (nSPS) is 10.4. The molecule has 14 heavy (non-hydrogen) atoms. The van der Waals surface area contributed by atoms with Crippen molar-refractivity contribution in [1.82, 2.24) is 4.98 Å². The Morgan fingerprint density at radius 3 is 2.93 bits per heavy atom. The van der Waals surface area contributed by atoms with Gasteiger partial charge in [0.15, 0.2) is 0 Å². The van der Waals surface area contributed by atoms with Gasteiger partial charge in [-0.3, -0.25) is 0 Å². The number of rotatable bonds is 1. The lowest BCUT2D eigenvalue weighted by molar-refractivity contribution is 0.0595. The first kappa shape index (κ1) is 9.27. The molecule has 1 aromatic heterocycles. The second-order valence-corrected chi connectivity index (χ2v) is 3.82. The molecule has 1 aromatic carbocycles. The van der Waals surface area contributed by atoms with E-state index in [0.717, 1.165) is 15.4 Å². The van der Waals surface area contributed by atoms with E-state index in [4.69, 9.17) is 0 Å². The number of esters is 1. The molecule has 0 fully saturated rings. The molecule has 0 saturated heterocycles. The van der Waals surface area contributed by atoms with E-state index in [-0.39, 0.29) is 5.97 Å². The molecule has 0 atom stereocenters. The van der Waals surface area contributed by atoms with Gasteiger partial charge in [-0.1, -0.05) is 15.9 Å². The van der Waals surface area contributed by atoms with Gasteiger partial charge in [0.25, 0.3) is 0 Å². The van der Waals surface area contributed by atoms with E-state index in [1.165, 1.54) is 7.11 Å². The number of hydrogen-bond acceptors (Lipinski definition) is 2. The highest BCUT2D eigenvalue weighted by molar-refractivity contribution is 9.10. The Morgan fingerprint density at radius 1 is 1.43 bits per heavy atom. The highest BCUT2D eigenvalue weighted by atomic mass is 79.9. The first-order chi connectivity index (χ1) is 6.70. The Labute approximate surface area is 89.2 Å². The summed E-state index contributed by atoms with van der Waals surface area (Å²) in [5.41, 5.74) is 1.40. The van der Waals surface area contributed by atoms with Crippen LogP contribution < -0.4 is 0 Å². The van der Waals surface area contributed by atoms with Crippen molar-refractivity contribution in [2.75, 3.05) is 7.11 Å². The molecule has 0 bridgehead atoms. The number of halogens is 1. The smallest absolute Gasteiger partial charge is 0.354 e. The summed E-state index contributed by atoms with van der Waals surface area (Å²) in [4.78, 5) is 14.2. The van der Waals surface area contributed by atoms with E-state index >= 15 is 0 Å². The second-order valence-electron chi connectivity index (χ2n) is 2.91. The van der Waals surface area contributed by atoms with Crippen LogP contribution in [0.1, 0.15) is 10.5 Å². The number of H-pyrrole nitrogens is 1. The van der Waals surface area contributed by atoms with Crippen molar-refractivity contribution < 1.29 is 9.53 Å². The third-order valence-corrected chi connectivity index (χ3v) is 2.48. The van der Waals surface area contributed by atoms with Crippen LogP contribution in [-0.2, 0) is 4.74 Å². The fourth-order valence-corrected chi connectivity index (χ4v) is 1.70. The third-order valence-electron chi connectivity index (χ3n) is 1.99. The van der Waals surface area contributed by atoms with Gasteiger partial charge in [0.2, 0.25) is 0 Å². The van der Waals surface area contributed by atoms with Gasteiger partial charge in [-0.2, -0.15) is 0 Å². The number of carbonyl (C=O) groups is 1. The van der Waals surface area contributed by atoms with Crippen molar-refractivity contribution in [3.05, 3.63) is 34.4 Å². The average molecular weight is 254 g/mol. The van der Waals surface area contributed by atoms with E-state index in [9.17, 15) is 4.79 Å². The molecular formula is C10H8BrNO2. The zero-order chi connectivity index (χ0) is 10.1. The molecule has 0 aliphatic carbocycles. The van der Waals surface area contributed by atoms with E-state index in [0.29, 0.717) is 5.69 Å². The average Bonchev–Trinajstić information content (AvgIpc) is 2.59. The predicted octanol–water partition coefficient (Wildman–Crippen LogP) is 2.72. The number of benzene rings is 1. The molecule has 0 aliphatic heterocycles. The van der Waals surface area contributed by atoms with Crippen molar-refractivity contribution in [3.63, 3.8) is 0 Å². The monoisotopic (exact) mass is 253 g/mol. The molecule has 2 rings (SSSR count). The van der Waals surface area contributed by atoms with Crippen LogP contribution in [0.3, 0.4) is 0 Å². The van der Waals surface area contributed by atoms with Gasteiger partial charge in [0.05, 0.1) is 7.11 Å². The summed E-state index contributed by atoms with van der Waals surface area (Å²) in [5.74, 6) is -0.350. The van der Waals surface area contributed by atoms with Gasteiger partial charge in [0.1, 0.15) is 5.69 Å². The van der Waals surface area contributed by atoms with E-state index in [2.05, 4.69) is 25.7 Å². The Balaban J connectivity index is 2.56. The highest BCUT2D eigenvalue weighted by Crippen LogP contribution is 2.20. The number of nitrogens with one attached hydrogen (secondary N) is 1. The van der Waals surface area contributed by atoms with Crippen molar-refractivity contribution >= 4 is 32.8 Å². The maximum atomic E-state index is 11.2. The van der Waals surface area contributed by atoms with Crippen molar-refractivity contribution in [1.29, 1.82) is 0 Å². The lowest BCUT2D eigenvalue weighted by atomic mass is 10.2. The molecule has 1 heterocycles. The number of ether oxygens (including phenoxy) is 1. The lowest BCUT2D eigenvalue weighted by Gasteiger charge is -1.92.